The molecule has 4 heteroatoms. The molecule has 2 aliphatic rings. The van der Waals surface area contributed by atoms with Gasteiger partial charge in [-0.3, -0.25) is 4.90 Å². The number of hydrogen-bond acceptors (Lipinski definition) is 4. The summed E-state index contributed by atoms with van der Waals surface area (Å²) in [5, 5.41) is 0. The summed E-state index contributed by atoms with van der Waals surface area (Å²) in [7, 11) is 2.20. The monoisotopic (exact) mass is 278 g/mol. The van der Waals surface area contributed by atoms with Gasteiger partial charge in [0.05, 0.1) is 18.9 Å². The van der Waals surface area contributed by atoms with Crippen LogP contribution >= 0.6 is 0 Å². The Morgan fingerprint density at radius 1 is 1.40 bits per heavy atom. The topological polar surface area (TPSA) is 28.9 Å². The Labute approximate surface area is 121 Å². The van der Waals surface area contributed by atoms with Crippen LogP contribution in [0.4, 0.5) is 0 Å². The van der Waals surface area contributed by atoms with E-state index < -0.39 is 0 Å². The number of likely N-dealkylation sites (tertiary alicyclic amines) is 1. The lowest BCUT2D eigenvalue weighted by molar-refractivity contribution is -0.111. The van der Waals surface area contributed by atoms with Crippen molar-refractivity contribution < 1.29 is 9.15 Å². The molecule has 0 radical (unpaired) electrons. The van der Waals surface area contributed by atoms with Crippen LogP contribution in [0.2, 0.25) is 0 Å². The molecular weight excluding hydrogens is 252 g/mol. The lowest BCUT2D eigenvalue weighted by Crippen LogP contribution is -2.60. The van der Waals surface area contributed by atoms with Gasteiger partial charge in [0.25, 0.3) is 0 Å². The van der Waals surface area contributed by atoms with Gasteiger partial charge in [-0.25, -0.2) is 0 Å². The number of furan rings is 1. The van der Waals surface area contributed by atoms with Gasteiger partial charge in [-0.1, -0.05) is 6.92 Å². The van der Waals surface area contributed by atoms with Gasteiger partial charge in [-0.05, 0) is 44.5 Å². The van der Waals surface area contributed by atoms with Crippen LogP contribution in [0.3, 0.4) is 0 Å². The molecule has 2 saturated heterocycles. The summed E-state index contributed by atoms with van der Waals surface area (Å²) in [5.74, 6) is 1.73. The fourth-order valence-electron chi connectivity index (χ4n) is 3.67. The number of piperidine rings is 1. The summed E-state index contributed by atoms with van der Waals surface area (Å²) in [4.78, 5) is 4.97. The molecule has 0 spiro atoms. The molecule has 3 atom stereocenters. The lowest BCUT2D eigenvalue weighted by atomic mass is 9.85. The Bertz CT molecular complexity index is 407. The third-order valence-electron chi connectivity index (χ3n) is 4.81. The highest BCUT2D eigenvalue weighted by molar-refractivity contribution is 5.00. The number of nitrogens with zero attached hydrogens (tertiary/aromatic N) is 2. The molecule has 3 rings (SSSR count). The van der Waals surface area contributed by atoms with Gasteiger partial charge in [0.2, 0.25) is 0 Å². The van der Waals surface area contributed by atoms with Crippen molar-refractivity contribution >= 4 is 0 Å². The van der Waals surface area contributed by atoms with Gasteiger partial charge in [-0.15, -0.1) is 0 Å². The molecule has 0 aromatic carbocycles. The predicted octanol–water partition coefficient (Wildman–Crippen LogP) is 2.21. The average Bonchev–Trinajstić information content (AvgIpc) is 2.98. The van der Waals surface area contributed by atoms with Crippen molar-refractivity contribution in [2.75, 3.05) is 33.3 Å². The minimum Gasteiger partial charge on any atom is -0.468 e. The first-order valence-corrected chi connectivity index (χ1v) is 7.84. The number of fused-ring (bicyclic) bond motifs is 1. The zero-order valence-corrected chi connectivity index (χ0v) is 12.6. The van der Waals surface area contributed by atoms with Crippen molar-refractivity contribution in [1.82, 2.24) is 9.80 Å². The average molecular weight is 278 g/mol. The van der Waals surface area contributed by atoms with E-state index in [1.807, 2.05) is 6.07 Å². The minimum absolute atomic E-state index is 0.395. The van der Waals surface area contributed by atoms with E-state index in [1.54, 1.807) is 6.26 Å². The van der Waals surface area contributed by atoms with Crippen molar-refractivity contribution in [2.24, 2.45) is 5.92 Å². The standard InChI is InChI=1S/C16H26N2O2/c1-3-18-10-13-6-4-9-20-16(13)15(12-18)17(2)11-14-7-5-8-19-14/h5,7-8,13,15-16H,3-4,6,9-12H2,1-2H3/t13-,15+,16-/m0/s1. The third kappa shape index (κ3) is 2.92. The van der Waals surface area contributed by atoms with E-state index in [0.717, 1.165) is 32.0 Å². The molecule has 1 aromatic heterocycles. The van der Waals surface area contributed by atoms with Gasteiger partial charge in [0.15, 0.2) is 0 Å². The Morgan fingerprint density at radius 2 is 2.30 bits per heavy atom. The van der Waals surface area contributed by atoms with Crippen molar-refractivity contribution in [3.05, 3.63) is 24.2 Å². The maximum atomic E-state index is 6.13. The van der Waals surface area contributed by atoms with Crippen molar-refractivity contribution in [3.63, 3.8) is 0 Å². The number of ether oxygens (including phenoxy) is 1. The van der Waals surface area contributed by atoms with Gasteiger partial charge < -0.3 is 14.1 Å². The van der Waals surface area contributed by atoms with Crippen molar-refractivity contribution in [1.29, 1.82) is 0 Å². The SMILES string of the molecule is CCN1C[C@@H]2CCCO[C@@H]2[C@H](N(C)Cc2ccco2)C1. The Hall–Kier alpha value is -0.840. The molecule has 0 bridgehead atoms. The van der Waals surface area contributed by atoms with Crippen LogP contribution in [0, 0.1) is 5.92 Å². The zero-order valence-electron chi connectivity index (χ0n) is 12.6. The summed E-state index contributed by atoms with van der Waals surface area (Å²) >= 11 is 0. The van der Waals surface area contributed by atoms with Crippen LogP contribution in [0.15, 0.2) is 22.8 Å². The second-order valence-corrected chi connectivity index (χ2v) is 6.15. The maximum absolute atomic E-state index is 6.13. The first-order chi connectivity index (χ1) is 9.78. The normalized spacial score (nSPS) is 31.4. The highest BCUT2D eigenvalue weighted by atomic mass is 16.5. The molecule has 2 fully saturated rings. The van der Waals surface area contributed by atoms with E-state index in [0.29, 0.717) is 18.1 Å². The van der Waals surface area contributed by atoms with Crippen LogP contribution in [0.5, 0.6) is 0 Å². The number of rotatable bonds is 4. The van der Waals surface area contributed by atoms with E-state index >= 15 is 0 Å². The highest BCUT2D eigenvalue weighted by Crippen LogP contribution is 2.31. The van der Waals surface area contributed by atoms with E-state index in [4.69, 9.17) is 9.15 Å². The molecular formula is C16H26N2O2. The van der Waals surface area contributed by atoms with Crippen LogP contribution < -0.4 is 0 Å². The second-order valence-electron chi connectivity index (χ2n) is 6.15. The van der Waals surface area contributed by atoms with Crippen LogP contribution in [-0.4, -0.2) is 55.2 Å². The fraction of sp³-hybridized carbons (Fsp3) is 0.750. The Balaban J connectivity index is 1.70. The fourth-order valence-corrected chi connectivity index (χ4v) is 3.67. The van der Waals surface area contributed by atoms with E-state index in [9.17, 15) is 0 Å². The third-order valence-corrected chi connectivity index (χ3v) is 4.81. The zero-order chi connectivity index (χ0) is 13.9. The van der Waals surface area contributed by atoms with Crippen LogP contribution in [-0.2, 0) is 11.3 Å². The highest BCUT2D eigenvalue weighted by Gasteiger charge is 2.40. The number of hydrogen-bond donors (Lipinski definition) is 0. The molecule has 20 heavy (non-hydrogen) atoms. The summed E-state index contributed by atoms with van der Waals surface area (Å²) in [6.45, 7) is 7.49. The summed E-state index contributed by atoms with van der Waals surface area (Å²) in [5.41, 5.74) is 0. The number of likely N-dealkylation sites (N-methyl/N-ethyl adjacent to an activating group) is 2. The Kier molecular flexibility index (Phi) is 4.44. The molecule has 0 amide bonds. The molecule has 4 nitrogen and oxygen atoms in total. The summed E-state index contributed by atoms with van der Waals surface area (Å²) in [6.07, 6.45) is 4.67. The van der Waals surface area contributed by atoms with Crippen LogP contribution in [0.1, 0.15) is 25.5 Å². The molecule has 2 aliphatic heterocycles. The maximum Gasteiger partial charge on any atom is 0.117 e. The molecule has 112 valence electrons. The van der Waals surface area contributed by atoms with Gasteiger partial charge in [0, 0.05) is 25.7 Å². The molecule has 1 aromatic rings. The molecule has 0 N–H and O–H groups in total. The van der Waals surface area contributed by atoms with E-state index in [1.165, 1.54) is 19.4 Å². The molecule has 3 heterocycles. The largest absolute Gasteiger partial charge is 0.468 e. The smallest absolute Gasteiger partial charge is 0.117 e. The van der Waals surface area contributed by atoms with Crippen molar-refractivity contribution in [2.45, 2.75) is 38.5 Å². The lowest BCUT2D eigenvalue weighted by Gasteiger charge is -2.48. The summed E-state index contributed by atoms with van der Waals surface area (Å²) < 4.78 is 11.6. The predicted molar refractivity (Wildman–Crippen MR) is 78.5 cm³/mol. The quantitative estimate of drug-likeness (QED) is 0.844. The van der Waals surface area contributed by atoms with Gasteiger partial charge in [0.1, 0.15) is 5.76 Å². The minimum atomic E-state index is 0.395. The second kappa shape index (κ2) is 6.29. The Morgan fingerprint density at radius 3 is 3.05 bits per heavy atom. The molecule has 0 unspecified atom stereocenters. The van der Waals surface area contributed by atoms with Gasteiger partial charge in [-0.2, -0.15) is 0 Å². The van der Waals surface area contributed by atoms with Crippen LogP contribution in [0.25, 0.3) is 0 Å². The van der Waals surface area contributed by atoms with E-state index in [-0.39, 0.29) is 0 Å². The summed E-state index contributed by atoms with van der Waals surface area (Å²) in [6, 6.07) is 4.48. The van der Waals surface area contributed by atoms with Gasteiger partial charge >= 0.3 is 0 Å². The first kappa shape index (κ1) is 14.1. The molecule has 0 saturated carbocycles. The van der Waals surface area contributed by atoms with E-state index in [2.05, 4.69) is 29.8 Å². The molecule has 0 aliphatic carbocycles. The van der Waals surface area contributed by atoms with Crippen molar-refractivity contribution in [3.8, 4) is 0 Å². The first-order valence-electron chi connectivity index (χ1n) is 7.84.